The second-order valence-electron chi connectivity index (χ2n) is 15.4. The molecule has 4 heterocycles. The maximum absolute atomic E-state index is 13.7. The van der Waals surface area contributed by atoms with Crippen molar-refractivity contribution in [3.8, 4) is 11.3 Å². The van der Waals surface area contributed by atoms with Gasteiger partial charge in [0.1, 0.15) is 17.7 Å². The number of nitrogens with zero attached hydrogens (tertiary/aromatic N) is 4. The van der Waals surface area contributed by atoms with Crippen molar-refractivity contribution in [3.63, 3.8) is 0 Å². The number of amides is 2. The number of pyridine rings is 1. The minimum absolute atomic E-state index is 0.102. The van der Waals surface area contributed by atoms with Crippen molar-refractivity contribution in [2.45, 2.75) is 83.8 Å². The Balaban J connectivity index is 1.16. The van der Waals surface area contributed by atoms with E-state index in [1.54, 1.807) is 7.11 Å². The van der Waals surface area contributed by atoms with Crippen molar-refractivity contribution in [1.29, 1.82) is 0 Å². The summed E-state index contributed by atoms with van der Waals surface area (Å²) in [6.07, 6.45) is 3.76. The van der Waals surface area contributed by atoms with Crippen molar-refractivity contribution >= 4 is 55.7 Å². The van der Waals surface area contributed by atoms with Crippen molar-refractivity contribution in [1.82, 2.24) is 40.6 Å². The van der Waals surface area contributed by atoms with Gasteiger partial charge >= 0.3 is 6.09 Å². The van der Waals surface area contributed by atoms with E-state index in [-0.39, 0.29) is 29.8 Å². The van der Waals surface area contributed by atoms with E-state index in [0.717, 1.165) is 98.8 Å². The second kappa shape index (κ2) is 16.3. The number of aromatic amines is 2. The largest absolute Gasteiger partial charge is 0.453 e. The van der Waals surface area contributed by atoms with E-state index in [1.165, 1.54) is 7.11 Å². The third-order valence-corrected chi connectivity index (χ3v) is 11.1. The number of nitrogens with one attached hydrogen (secondary N) is 4. The topological polar surface area (TPSA) is 176 Å². The van der Waals surface area contributed by atoms with Gasteiger partial charge in [-0.1, -0.05) is 45.9 Å². The molecule has 2 amide bonds. The lowest BCUT2D eigenvalue weighted by molar-refractivity contribution is -0.135. The molecule has 1 aliphatic heterocycles. The predicted octanol–water partition coefficient (Wildman–Crippen LogP) is 7.24. The molecule has 0 spiro atoms. The zero-order chi connectivity index (χ0) is 38.8. The third kappa shape index (κ3) is 7.73. The number of hydrogen-bond acceptors (Lipinski definition) is 9. The fourth-order valence-corrected chi connectivity index (χ4v) is 8.04. The average molecular weight is 748 g/mol. The zero-order valence-electron chi connectivity index (χ0n) is 32.6. The molecule has 3 aromatic heterocycles. The van der Waals surface area contributed by atoms with Crippen LogP contribution in [-0.2, 0) is 14.4 Å². The molecule has 55 heavy (non-hydrogen) atoms. The molecule has 1 fully saturated rings. The number of benzene rings is 3. The standard InChI is InChI=1S/C42H53N9O4/c1-23(2)34(50-55-6)22-27(9-7-19-43)39-45-33-18-17-31-29(38(33)47-39)14-16-30(44-31)26-11-13-28-25(21-26)12-15-32-37(28)48-40(46-32)35-10-8-20-51(35)41(52)36(24(3)4)49-42(53)54-5/h11-18,21,23-24,27,34-36,50H,7-10,19-20,22,43H2,1-6H3,(H,45,47)(H,46,48)(H,49,53)/t27?,34-,35+,36+/m1/s1. The molecule has 1 saturated heterocycles. The number of carbonyl (C=O) groups excluding carboxylic acids is 2. The maximum atomic E-state index is 13.7. The van der Waals surface area contributed by atoms with Crippen LogP contribution in [0.3, 0.4) is 0 Å². The number of hydrogen-bond donors (Lipinski definition) is 5. The smallest absolute Gasteiger partial charge is 0.407 e. The molecule has 6 aromatic rings. The van der Waals surface area contributed by atoms with Gasteiger partial charge in [-0.05, 0) is 92.3 Å². The predicted molar refractivity (Wildman–Crippen MR) is 216 cm³/mol. The lowest BCUT2D eigenvalue weighted by Gasteiger charge is -2.29. The molecule has 0 radical (unpaired) electrons. The number of H-pyrrole nitrogens is 2. The Hall–Kier alpha value is -5.11. The summed E-state index contributed by atoms with van der Waals surface area (Å²) in [7, 11) is 2.97. The molecular formula is C42H53N9O4. The summed E-state index contributed by atoms with van der Waals surface area (Å²) < 4.78 is 4.79. The SMILES string of the molecule is CON[C@H](CC(CCCN)c1nc2ccc3nc(-c4ccc5c(ccc6nc([C@@H]7CCCN7C(=O)[C@@H](NC(=O)OC)C(C)C)[nH]c65)c4)ccc3c2[nH]1)C(C)C. The molecule has 4 atom stereocenters. The summed E-state index contributed by atoms with van der Waals surface area (Å²) in [5.74, 6) is 2.09. The molecule has 7 rings (SSSR count). The molecule has 0 bridgehead atoms. The Morgan fingerprint density at radius 2 is 1.65 bits per heavy atom. The van der Waals surface area contributed by atoms with E-state index in [2.05, 4.69) is 71.0 Å². The van der Waals surface area contributed by atoms with E-state index >= 15 is 0 Å². The first-order valence-electron chi connectivity index (χ1n) is 19.5. The van der Waals surface area contributed by atoms with Gasteiger partial charge in [0.2, 0.25) is 5.91 Å². The van der Waals surface area contributed by atoms with E-state index in [0.29, 0.717) is 19.0 Å². The number of nitrogens with two attached hydrogens (primary N) is 1. The first kappa shape index (κ1) is 38.2. The van der Waals surface area contributed by atoms with E-state index in [1.807, 2.05) is 36.9 Å². The molecule has 1 aliphatic rings. The molecule has 6 N–H and O–H groups in total. The number of hydroxylamine groups is 1. The summed E-state index contributed by atoms with van der Waals surface area (Å²) >= 11 is 0. The molecule has 0 aliphatic carbocycles. The fourth-order valence-electron chi connectivity index (χ4n) is 8.04. The summed E-state index contributed by atoms with van der Waals surface area (Å²) in [4.78, 5) is 55.3. The van der Waals surface area contributed by atoms with Gasteiger partial charge in [0.05, 0.1) is 53.5 Å². The molecule has 1 unspecified atom stereocenters. The fraction of sp³-hybridized carbons (Fsp3) is 0.452. The van der Waals surface area contributed by atoms with E-state index in [9.17, 15) is 9.59 Å². The minimum Gasteiger partial charge on any atom is -0.453 e. The molecule has 0 saturated carbocycles. The van der Waals surface area contributed by atoms with Crippen LogP contribution in [0.15, 0.2) is 54.6 Å². The van der Waals surface area contributed by atoms with Crippen molar-refractivity contribution < 1.29 is 19.2 Å². The zero-order valence-corrected chi connectivity index (χ0v) is 32.6. The lowest BCUT2D eigenvalue weighted by Crippen LogP contribution is -2.51. The number of carbonyl (C=O) groups is 2. The Labute approximate surface area is 321 Å². The highest BCUT2D eigenvalue weighted by atomic mass is 16.6. The average Bonchev–Trinajstić information content (AvgIpc) is 3.96. The summed E-state index contributed by atoms with van der Waals surface area (Å²) in [5.41, 5.74) is 15.6. The van der Waals surface area contributed by atoms with Gasteiger partial charge in [-0.15, -0.1) is 0 Å². The van der Waals surface area contributed by atoms with E-state index < -0.39 is 12.1 Å². The van der Waals surface area contributed by atoms with Crippen molar-refractivity contribution in [2.75, 3.05) is 27.3 Å². The lowest BCUT2D eigenvalue weighted by atomic mass is 9.89. The Kier molecular flexibility index (Phi) is 11.3. The van der Waals surface area contributed by atoms with Gasteiger partial charge in [0, 0.05) is 34.8 Å². The maximum Gasteiger partial charge on any atom is 0.407 e. The summed E-state index contributed by atoms with van der Waals surface area (Å²) in [6.45, 7) is 9.46. The summed E-state index contributed by atoms with van der Waals surface area (Å²) in [6, 6.07) is 18.1. The number of methoxy groups -OCH3 is 1. The second-order valence-corrected chi connectivity index (χ2v) is 15.4. The van der Waals surface area contributed by atoms with Gasteiger partial charge in [-0.25, -0.2) is 19.7 Å². The normalized spacial score (nSPS) is 16.5. The van der Waals surface area contributed by atoms with Crippen LogP contribution in [0, 0.1) is 11.8 Å². The van der Waals surface area contributed by atoms with Gasteiger partial charge < -0.3 is 35.5 Å². The van der Waals surface area contributed by atoms with Crippen LogP contribution in [0.2, 0.25) is 0 Å². The van der Waals surface area contributed by atoms with Crippen molar-refractivity contribution in [3.05, 3.63) is 66.2 Å². The molecule has 13 heteroatoms. The number of fused-ring (bicyclic) bond motifs is 6. The van der Waals surface area contributed by atoms with Crippen LogP contribution in [0.5, 0.6) is 0 Å². The highest BCUT2D eigenvalue weighted by Gasteiger charge is 2.37. The Bertz CT molecular complexity index is 2320. The van der Waals surface area contributed by atoms with Crippen LogP contribution < -0.4 is 16.5 Å². The molecular weight excluding hydrogens is 695 g/mol. The Morgan fingerprint density at radius 3 is 2.40 bits per heavy atom. The highest BCUT2D eigenvalue weighted by Crippen LogP contribution is 2.36. The van der Waals surface area contributed by atoms with Crippen LogP contribution in [-0.4, -0.2) is 81.2 Å². The van der Waals surface area contributed by atoms with Crippen LogP contribution in [0.4, 0.5) is 4.79 Å². The van der Waals surface area contributed by atoms with Crippen LogP contribution in [0.1, 0.15) is 83.4 Å². The van der Waals surface area contributed by atoms with Crippen LogP contribution in [0.25, 0.3) is 55.0 Å². The third-order valence-electron chi connectivity index (χ3n) is 11.1. The molecule has 3 aromatic carbocycles. The number of likely N-dealkylation sites (tertiary alicyclic amines) is 1. The molecule has 13 nitrogen and oxygen atoms in total. The van der Waals surface area contributed by atoms with Gasteiger partial charge in [-0.3, -0.25) is 4.79 Å². The van der Waals surface area contributed by atoms with Gasteiger partial charge in [0.25, 0.3) is 0 Å². The van der Waals surface area contributed by atoms with Crippen LogP contribution >= 0.6 is 0 Å². The summed E-state index contributed by atoms with van der Waals surface area (Å²) in [5, 5.41) is 5.85. The number of alkyl carbamates (subject to hydrolysis) is 1. The van der Waals surface area contributed by atoms with E-state index in [4.69, 9.17) is 30.3 Å². The quantitative estimate of drug-likeness (QED) is 0.0719. The highest BCUT2D eigenvalue weighted by molar-refractivity contribution is 6.06. The number of ether oxygens (including phenoxy) is 1. The van der Waals surface area contributed by atoms with Gasteiger partial charge in [0.15, 0.2) is 0 Å². The minimum atomic E-state index is -0.686. The van der Waals surface area contributed by atoms with Gasteiger partial charge in [-0.2, -0.15) is 5.48 Å². The number of imidazole rings is 2. The first-order chi connectivity index (χ1) is 26.6. The number of aromatic nitrogens is 5. The number of rotatable bonds is 14. The first-order valence-corrected chi connectivity index (χ1v) is 19.5. The Morgan fingerprint density at radius 1 is 0.909 bits per heavy atom. The monoisotopic (exact) mass is 747 g/mol. The van der Waals surface area contributed by atoms with Crippen molar-refractivity contribution in [2.24, 2.45) is 17.6 Å². The molecule has 290 valence electrons.